The lowest BCUT2D eigenvalue weighted by atomic mass is 10.2. The van der Waals surface area contributed by atoms with Gasteiger partial charge in [-0.3, -0.25) is 0 Å². The average Bonchev–Trinajstić information content (AvgIpc) is 2.23. The Kier molecular flexibility index (Phi) is 3.64. The summed E-state index contributed by atoms with van der Waals surface area (Å²) in [6.45, 7) is 3.91. The van der Waals surface area contributed by atoms with E-state index in [1.165, 1.54) is 0 Å². The van der Waals surface area contributed by atoms with Gasteiger partial charge in [0.2, 0.25) is 5.28 Å². The van der Waals surface area contributed by atoms with E-state index in [4.69, 9.17) is 11.6 Å². The Balaban J connectivity index is 2.34. The smallest absolute Gasteiger partial charge is 0.224 e. The van der Waals surface area contributed by atoms with E-state index < -0.39 is 0 Å². The van der Waals surface area contributed by atoms with Crippen LogP contribution in [0.4, 0.5) is 11.5 Å². The average molecular weight is 313 g/mol. The number of aryl methyl sites for hydroxylation is 2. The predicted octanol–water partition coefficient (Wildman–Crippen LogP) is 4.25. The van der Waals surface area contributed by atoms with E-state index in [2.05, 4.69) is 31.2 Å². The summed E-state index contributed by atoms with van der Waals surface area (Å²) in [4.78, 5) is 8.14. The third-order valence-corrected chi connectivity index (χ3v) is 3.50. The molecule has 0 aliphatic heterocycles. The van der Waals surface area contributed by atoms with E-state index in [9.17, 15) is 0 Å². The van der Waals surface area contributed by atoms with Crippen LogP contribution in [0.3, 0.4) is 0 Å². The van der Waals surface area contributed by atoms with E-state index in [0.29, 0.717) is 5.82 Å². The quantitative estimate of drug-likeness (QED) is 0.842. The molecule has 88 valence electrons. The molecule has 1 N–H and O–H groups in total. The zero-order chi connectivity index (χ0) is 12.4. The summed E-state index contributed by atoms with van der Waals surface area (Å²) in [7, 11) is 0. The lowest BCUT2D eigenvalue weighted by Gasteiger charge is -2.10. The fourth-order valence-electron chi connectivity index (χ4n) is 1.48. The van der Waals surface area contributed by atoms with Gasteiger partial charge < -0.3 is 5.32 Å². The van der Waals surface area contributed by atoms with Crippen LogP contribution in [-0.4, -0.2) is 9.97 Å². The standard InChI is InChI=1S/C12H11BrClN3/c1-7-4-3-5-9(11(7)13)16-10-6-8(2)15-12(14)17-10/h3-6H,1-2H3,(H,15,16,17). The number of aromatic nitrogens is 2. The highest BCUT2D eigenvalue weighted by molar-refractivity contribution is 9.10. The van der Waals surface area contributed by atoms with Gasteiger partial charge in [0, 0.05) is 16.2 Å². The maximum absolute atomic E-state index is 5.81. The molecule has 0 aliphatic carbocycles. The van der Waals surface area contributed by atoms with Crippen molar-refractivity contribution in [3.8, 4) is 0 Å². The molecule has 0 radical (unpaired) electrons. The van der Waals surface area contributed by atoms with Crippen LogP contribution in [0.1, 0.15) is 11.3 Å². The molecule has 0 saturated heterocycles. The molecule has 0 amide bonds. The summed E-state index contributed by atoms with van der Waals surface area (Å²) in [5, 5.41) is 3.46. The molecule has 0 aliphatic rings. The number of benzene rings is 1. The van der Waals surface area contributed by atoms with Crippen LogP contribution in [0, 0.1) is 13.8 Å². The van der Waals surface area contributed by atoms with Crippen LogP contribution in [0.5, 0.6) is 0 Å². The van der Waals surface area contributed by atoms with Crippen molar-refractivity contribution >= 4 is 39.0 Å². The number of nitrogens with zero attached hydrogens (tertiary/aromatic N) is 2. The first-order chi connectivity index (χ1) is 8.06. The molecule has 0 atom stereocenters. The number of hydrogen-bond acceptors (Lipinski definition) is 3. The van der Waals surface area contributed by atoms with Gasteiger partial charge in [0.05, 0.1) is 5.69 Å². The molecule has 0 unspecified atom stereocenters. The molecule has 3 nitrogen and oxygen atoms in total. The highest BCUT2D eigenvalue weighted by Gasteiger charge is 2.05. The maximum Gasteiger partial charge on any atom is 0.224 e. The maximum atomic E-state index is 5.81. The van der Waals surface area contributed by atoms with Gasteiger partial charge in [-0.05, 0) is 53.0 Å². The topological polar surface area (TPSA) is 37.8 Å². The van der Waals surface area contributed by atoms with Gasteiger partial charge in [0.1, 0.15) is 5.82 Å². The highest BCUT2D eigenvalue weighted by atomic mass is 79.9. The monoisotopic (exact) mass is 311 g/mol. The molecule has 2 aromatic rings. The van der Waals surface area contributed by atoms with Crippen molar-refractivity contribution in [2.45, 2.75) is 13.8 Å². The fraction of sp³-hybridized carbons (Fsp3) is 0.167. The molecule has 2 rings (SSSR count). The zero-order valence-corrected chi connectivity index (χ0v) is 11.8. The van der Waals surface area contributed by atoms with Gasteiger partial charge in [0.25, 0.3) is 0 Å². The van der Waals surface area contributed by atoms with E-state index in [1.807, 2.05) is 38.1 Å². The molecule has 0 saturated carbocycles. The van der Waals surface area contributed by atoms with Crippen molar-refractivity contribution < 1.29 is 0 Å². The summed E-state index contributed by atoms with van der Waals surface area (Å²) >= 11 is 9.35. The molecule has 17 heavy (non-hydrogen) atoms. The Morgan fingerprint density at radius 3 is 2.71 bits per heavy atom. The Morgan fingerprint density at radius 2 is 2.00 bits per heavy atom. The van der Waals surface area contributed by atoms with Crippen molar-refractivity contribution in [1.82, 2.24) is 9.97 Å². The largest absolute Gasteiger partial charge is 0.339 e. The highest BCUT2D eigenvalue weighted by Crippen LogP contribution is 2.28. The second kappa shape index (κ2) is 5.02. The van der Waals surface area contributed by atoms with Crippen LogP contribution in [0.25, 0.3) is 0 Å². The van der Waals surface area contributed by atoms with E-state index in [1.54, 1.807) is 0 Å². The number of rotatable bonds is 2. The van der Waals surface area contributed by atoms with Gasteiger partial charge in [-0.1, -0.05) is 12.1 Å². The molecular weight excluding hydrogens is 302 g/mol. The molecule has 0 fully saturated rings. The first kappa shape index (κ1) is 12.3. The lowest BCUT2D eigenvalue weighted by molar-refractivity contribution is 1.10. The Labute approximate surface area is 113 Å². The third-order valence-electron chi connectivity index (χ3n) is 2.28. The normalized spacial score (nSPS) is 10.4. The SMILES string of the molecule is Cc1cc(Nc2cccc(C)c2Br)nc(Cl)n1. The van der Waals surface area contributed by atoms with Gasteiger partial charge in [-0.25, -0.2) is 9.97 Å². The Hall–Kier alpha value is -1.13. The van der Waals surface area contributed by atoms with Crippen LogP contribution in [0.15, 0.2) is 28.7 Å². The van der Waals surface area contributed by atoms with Crippen molar-refractivity contribution in [1.29, 1.82) is 0 Å². The molecule has 5 heteroatoms. The molecule has 0 bridgehead atoms. The molecule has 1 aromatic heterocycles. The van der Waals surface area contributed by atoms with Crippen LogP contribution in [0.2, 0.25) is 5.28 Å². The van der Waals surface area contributed by atoms with Crippen molar-refractivity contribution in [2.75, 3.05) is 5.32 Å². The van der Waals surface area contributed by atoms with Crippen molar-refractivity contribution in [2.24, 2.45) is 0 Å². The minimum Gasteiger partial charge on any atom is -0.339 e. The summed E-state index contributed by atoms with van der Waals surface area (Å²) in [5.41, 5.74) is 2.95. The number of halogens is 2. The summed E-state index contributed by atoms with van der Waals surface area (Å²) in [6.07, 6.45) is 0. The lowest BCUT2D eigenvalue weighted by Crippen LogP contribution is -1.97. The zero-order valence-electron chi connectivity index (χ0n) is 9.46. The Bertz CT molecular complexity index is 537. The first-order valence-electron chi connectivity index (χ1n) is 5.09. The fourth-order valence-corrected chi connectivity index (χ4v) is 2.07. The van der Waals surface area contributed by atoms with Crippen molar-refractivity contribution in [3.63, 3.8) is 0 Å². The van der Waals surface area contributed by atoms with Gasteiger partial charge >= 0.3 is 0 Å². The first-order valence-corrected chi connectivity index (χ1v) is 6.26. The second-order valence-electron chi connectivity index (χ2n) is 3.73. The van der Waals surface area contributed by atoms with Gasteiger partial charge in [0.15, 0.2) is 0 Å². The molecular formula is C12H11BrClN3. The molecule has 1 heterocycles. The van der Waals surface area contributed by atoms with Crippen molar-refractivity contribution in [3.05, 3.63) is 45.3 Å². The number of nitrogens with one attached hydrogen (secondary N) is 1. The van der Waals surface area contributed by atoms with E-state index in [-0.39, 0.29) is 5.28 Å². The number of hydrogen-bond donors (Lipinski definition) is 1. The van der Waals surface area contributed by atoms with Crippen LogP contribution < -0.4 is 5.32 Å². The molecule has 1 aromatic carbocycles. The summed E-state index contributed by atoms with van der Waals surface area (Å²) < 4.78 is 1.02. The van der Waals surface area contributed by atoms with E-state index in [0.717, 1.165) is 21.4 Å². The summed E-state index contributed by atoms with van der Waals surface area (Å²) in [6, 6.07) is 7.84. The molecule has 0 spiro atoms. The van der Waals surface area contributed by atoms with Gasteiger partial charge in [-0.2, -0.15) is 0 Å². The number of anilines is 2. The Morgan fingerprint density at radius 1 is 1.24 bits per heavy atom. The van der Waals surface area contributed by atoms with Crippen LogP contribution in [-0.2, 0) is 0 Å². The predicted molar refractivity (Wildman–Crippen MR) is 73.9 cm³/mol. The minimum atomic E-state index is 0.247. The van der Waals surface area contributed by atoms with Gasteiger partial charge in [-0.15, -0.1) is 0 Å². The second-order valence-corrected chi connectivity index (χ2v) is 4.86. The van der Waals surface area contributed by atoms with Crippen LogP contribution >= 0.6 is 27.5 Å². The third kappa shape index (κ3) is 2.96. The summed E-state index contributed by atoms with van der Waals surface area (Å²) in [5.74, 6) is 0.689. The van der Waals surface area contributed by atoms with E-state index >= 15 is 0 Å². The minimum absolute atomic E-state index is 0.247.